The number of hydrogen-bond donors (Lipinski definition) is 1. The van der Waals surface area contributed by atoms with Gasteiger partial charge in [0.1, 0.15) is 6.54 Å². The van der Waals surface area contributed by atoms with E-state index in [4.69, 9.17) is 9.47 Å². The van der Waals surface area contributed by atoms with E-state index in [1.165, 1.54) is 32.4 Å². The van der Waals surface area contributed by atoms with Crippen molar-refractivity contribution < 1.29 is 22.7 Å². The number of likely N-dealkylation sites (N-methyl/N-ethyl adjacent to an activating group) is 1. The first-order chi connectivity index (χ1) is 13.8. The molecule has 0 spiro atoms. The fourth-order valence-electron chi connectivity index (χ4n) is 2.62. The third-order valence-corrected chi connectivity index (χ3v) is 5.94. The molecule has 0 heterocycles. The van der Waals surface area contributed by atoms with E-state index >= 15 is 0 Å². The van der Waals surface area contributed by atoms with Crippen LogP contribution in [-0.2, 0) is 14.8 Å². The molecule has 0 saturated heterocycles. The van der Waals surface area contributed by atoms with Gasteiger partial charge in [0.15, 0.2) is 11.5 Å². The number of anilines is 1. The molecule has 1 N–H and O–H groups in total. The monoisotopic (exact) mass is 421 g/mol. The molecule has 0 aliphatic rings. The van der Waals surface area contributed by atoms with Crippen LogP contribution in [0.4, 0.5) is 5.69 Å². The van der Waals surface area contributed by atoms with E-state index in [2.05, 4.69) is 5.32 Å². The lowest BCUT2D eigenvalue weighted by molar-refractivity contribution is -0.119. The quantitative estimate of drug-likeness (QED) is 0.627. The van der Waals surface area contributed by atoms with Crippen LogP contribution in [-0.4, -0.2) is 67.2 Å². The molecule has 0 aliphatic heterocycles. The van der Waals surface area contributed by atoms with Crippen molar-refractivity contribution >= 4 is 21.6 Å². The van der Waals surface area contributed by atoms with Gasteiger partial charge < -0.3 is 19.7 Å². The number of ether oxygens (including phenoxy) is 2. The average molecular weight is 422 g/mol. The number of rotatable bonds is 10. The zero-order chi connectivity index (χ0) is 21.4. The normalized spacial score (nSPS) is 11.2. The first kappa shape index (κ1) is 22.5. The summed E-state index contributed by atoms with van der Waals surface area (Å²) in [6.45, 7) is 0.699. The molecular formula is C20H27N3O5S. The smallest absolute Gasteiger partial charge is 0.264 e. The number of carbonyl (C=O) groups excluding carboxylic acids is 1. The van der Waals surface area contributed by atoms with Gasteiger partial charge >= 0.3 is 0 Å². The number of nitrogens with zero attached hydrogens (tertiary/aromatic N) is 2. The molecule has 29 heavy (non-hydrogen) atoms. The molecule has 0 fully saturated rings. The van der Waals surface area contributed by atoms with Gasteiger partial charge in [-0.15, -0.1) is 0 Å². The standard InChI is InChI=1S/C20H27N3O5S/c1-22(2)13-12-21-20(24)15-23(29(25,26)17-8-6-5-7-9-17)16-10-11-18(27-3)19(14-16)28-4/h5-11,14H,12-13,15H2,1-4H3,(H,21,24). The molecule has 8 nitrogen and oxygen atoms in total. The van der Waals surface area contributed by atoms with Crippen LogP contribution in [0.15, 0.2) is 53.4 Å². The lowest BCUT2D eigenvalue weighted by atomic mass is 10.2. The van der Waals surface area contributed by atoms with Crippen molar-refractivity contribution in [3.05, 3.63) is 48.5 Å². The molecule has 2 rings (SSSR count). The highest BCUT2D eigenvalue weighted by molar-refractivity contribution is 7.92. The summed E-state index contributed by atoms with van der Waals surface area (Å²) in [4.78, 5) is 14.5. The Morgan fingerprint density at radius 2 is 1.66 bits per heavy atom. The second kappa shape index (κ2) is 10.1. The zero-order valence-corrected chi connectivity index (χ0v) is 17.9. The fourth-order valence-corrected chi connectivity index (χ4v) is 4.05. The van der Waals surface area contributed by atoms with Gasteiger partial charge in [-0.2, -0.15) is 0 Å². The first-order valence-electron chi connectivity index (χ1n) is 9.01. The molecule has 0 bridgehead atoms. The van der Waals surface area contributed by atoms with Crippen LogP contribution in [0.25, 0.3) is 0 Å². The molecule has 0 aliphatic carbocycles. The highest BCUT2D eigenvalue weighted by Crippen LogP contribution is 2.33. The summed E-state index contributed by atoms with van der Waals surface area (Å²) in [5.41, 5.74) is 0.300. The lowest BCUT2D eigenvalue weighted by Crippen LogP contribution is -2.42. The molecule has 0 radical (unpaired) electrons. The van der Waals surface area contributed by atoms with Crippen molar-refractivity contribution in [3.63, 3.8) is 0 Å². The van der Waals surface area contributed by atoms with Crippen molar-refractivity contribution in [2.75, 3.05) is 52.3 Å². The Morgan fingerprint density at radius 1 is 1.00 bits per heavy atom. The number of amides is 1. The minimum absolute atomic E-state index is 0.0934. The predicted octanol–water partition coefficient (Wildman–Crippen LogP) is 1.58. The second-order valence-corrected chi connectivity index (χ2v) is 8.38. The largest absolute Gasteiger partial charge is 0.493 e. The SMILES string of the molecule is COc1ccc(N(CC(=O)NCCN(C)C)S(=O)(=O)c2ccccc2)cc1OC. The summed E-state index contributed by atoms with van der Waals surface area (Å²) in [7, 11) is 2.77. The molecule has 0 atom stereocenters. The minimum Gasteiger partial charge on any atom is -0.493 e. The summed E-state index contributed by atoms with van der Waals surface area (Å²) >= 11 is 0. The van der Waals surface area contributed by atoms with Crippen molar-refractivity contribution in [1.29, 1.82) is 0 Å². The topological polar surface area (TPSA) is 88.2 Å². The summed E-state index contributed by atoms with van der Waals surface area (Å²) < 4.78 is 38.1. The van der Waals surface area contributed by atoms with Crippen LogP contribution in [0.2, 0.25) is 0 Å². The van der Waals surface area contributed by atoms with E-state index in [1.807, 2.05) is 19.0 Å². The number of benzene rings is 2. The number of methoxy groups -OCH3 is 2. The maximum Gasteiger partial charge on any atom is 0.264 e. The molecule has 158 valence electrons. The molecule has 0 saturated carbocycles. The molecule has 2 aromatic carbocycles. The zero-order valence-electron chi connectivity index (χ0n) is 17.1. The third-order valence-electron chi connectivity index (χ3n) is 4.15. The van der Waals surface area contributed by atoms with E-state index < -0.39 is 15.9 Å². The maximum absolute atomic E-state index is 13.3. The molecule has 1 amide bonds. The number of sulfonamides is 1. The van der Waals surface area contributed by atoms with Gasteiger partial charge in [0.05, 0.1) is 24.8 Å². The summed E-state index contributed by atoms with van der Waals surface area (Å²) in [5, 5.41) is 2.75. The highest BCUT2D eigenvalue weighted by Gasteiger charge is 2.27. The molecule has 2 aromatic rings. The number of nitrogens with one attached hydrogen (secondary N) is 1. The molecular weight excluding hydrogens is 394 g/mol. The fraction of sp³-hybridized carbons (Fsp3) is 0.350. The van der Waals surface area contributed by atoms with Crippen molar-refractivity contribution in [2.24, 2.45) is 0 Å². The van der Waals surface area contributed by atoms with E-state index in [9.17, 15) is 13.2 Å². The Balaban J connectivity index is 2.39. The van der Waals surface area contributed by atoms with Gasteiger partial charge in [-0.25, -0.2) is 8.42 Å². The predicted molar refractivity (Wildman–Crippen MR) is 112 cm³/mol. The summed E-state index contributed by atoms with van der Waals surface area (Å²) in [6.07, 6.45) is 0. The Hall–Kier alpha value is -2.78. The van der Waals surface area contributed by atoms with Crippen LogP contribution in [0.5, 0.6) is 11.5 Å². The third kappa shape index (κ3) is 5.85. The van der Waals surface area contributed by atoms with E-state index in [-0.39, 0.29) is 11.4 Å². The Morgan fingerprint density at radius 3 is 2.24 bits per heavy atom. The molecule has 0 aromatic heterocycles. The van der Waals surface area contributed by atoms with Crippen molar-refractivity contribution in [2.45, 2.75) is 4.90 Å². The van der Waals surface area contributed by atoms with Crippen LogP contribution in [0.1, 0.15) is 0 Å². The summed E-state index contributed by atoms with van der Waals surface area (Å²) in [6, 6.07) is 12.7. The average Bonchev–Trinajstić information content (AvgIpc) is 2.71. The Bertz CT molecular complexity index is 917. The van der Waals surface area contributed by atoms with E-state index in [0.717, 1.165) is 4.31 Å². The minimum atomic E-state index is -3.97. The van der Waals surface area contributed by atoms with Crippen molar-refractivity contribution in [3.8, 4) is 11.5 Å². The van der Waals surface area contributed by atoms with Gasteiger partial charge in [-0.3, -0.25) is 9.10 Å². The number of hydrogen-bond acceptors (Lipinski definition) is 6. The lowest BCUT2D eigenvalue weighted by Gasteiger charge is -2.25. The Labute approximate surface area is 172 Å². The van der Waals surface area contributed by atoms with Crippen LogP contribution < -0.4 is 19.1 Å². The van der Waals surface area contributed by atoms with Gasteiger partial charge in [-0.05, 0) is 38.4 Å². The van der Waals surface area contributed by atoms with E-state index in [1.54, 1.807) is 30.3 Å². The second-order valence-electron chi connectivity index (χ2n) is 6.52. The van der Waals surface area contributed by atoms with E-state index in [0.29, 0.717) is 30.3 Å². The number of carbonyl (C=O) groups is 1. The van der Waals surface area contributed by atoms with Gasteiger partial charge in [0.2, 0.25) is 5.91 Å². The van der Waals surface area contributed by atoms with Crippen LogP contribution in [0, 0.1) is 0 Å². The maximum atomic E-state index is 13.3. The summed E-state index contributed by atoms with van der Waals surface area (Å²) in [5.74, 6) is 0.427. The highest BCUT2D eigenvalue weighted by atomic mass is 32.2. The van der Waals surface area contributed by atoms with Crippen molar-refractivity contribution in [1.82, 2.24) is 10.2 Å². The van der Waals surface area contributed by atoms with Gasteiger partial charge in [0.25, 0.3) is 10.0 Å². The van der Waals surface area contributed by atoms with Gasteiger partial charge in [0, 0.05) is 19.2 Å². The molecule has 9 heteroatoms. The van der Waals surface area contributed by atoms with Gasteiger partial charge in [-0.1, -0.05) is 18.2 Å². The Kier molecular flexibility index (Phi) is 7.86. The molecule has 0 unspecified atom stereocenters. The van der Waals surface area contributed by atoms with Crippen LogP contribution in [0.3, 0.4) is 0 Å². The first-order valence-corrected chi connectivity index (χ1v) is 10.4. The van der Waals surface area contributed by atoms with Crippen LogP contribution >= 0.6 is 0 Å².